The molecule has 0 amide bonds. The van der Waals surface area contributed by atoms with Gasteiger partial charge in [0.15, 0.2) is 5.78 Å². The summed E-state index contributed by atoms with van der Waals surface area (Å²) in [6.45, 7) is 4.14. The van der Waals surface area contributed by atoms with Crippen LogP contribution in [0.4, 0.5) is 0 Å². The summed E-state index contributed by atoms with van der Waals surface area (Å²) < 4.78 is 5.29. The van der Waals surface area contributed by atoms with Crippen LogP contribution in [0.3, 0.4) is 0 Å². The maximum atomic E-state index is 11.7. The molecule has 0 saturated heterocycles. The molecule has 0 bridgehead atoms. The molecule has 0 radical (unpaired) electrons. The summed E-state index contributed by atoms with van der Waals surface area (Å²) in [7, 11) is 1.65. The Kier molecular flexibility index (Phi) is 2.89. The molecule has 12 heavy (non-hydrogen) atoms. The minimum atomic E-state index is -0.385. The zero-order valence-corrected chi connectivity index (χ0v) is 8.22. The predicted octanol–water partition coefficient (Wildman–Crippen LogP) is 2.17. The molecule has 1 fully saturated rings. The average Bonchev–Trinajstić information content (AvgIpc) is 1.83. The summed E-state index contributed by atoms with van der Waals surface area (Å²) in [5, 5.41) is 0. The highest BCUT2D eigenvalue weighted by molar-refractivity contribution is 5.88. The fraction of sp³-hybridized carbons (Fsp3) is 0.900. The highest BCUT2D eigenvalue weighted by Crippen LogP contribution is 2.37. The highest BCUT2D eigenvalue weighted by Gasteiger charge is 2.43. The molecule has 1 saturated carbocycles. The first kappa shape index (κ1) is 9.72. The lowest BCUT2D eigenvalue weighted by Crippen LogP contribution is -2.47. The van der Waals surface area contributed by atoms with Crippen LogP contribution in [-0.4, -0.2) is 18.5 Å². The highest BCUT2D eigenvalue weighted by atomic mass is 16.5. The normalized spacial score (nSPS) is 20.7. The molecule has 70 valence electrons. The summed E-state index contributed by atoms with van der Waals surface area (Å²) in [6, 6.07) is 0. The van der Waals surface area contributed by atoms with Gasteiger partial charge in [0.05, 0.1) is 0 Å². The number of ether oxygens (including phenoxy) is 1. The van der Waals surface area contributed by atoms with Gasteiger partial charge in [-0.25, -0.2) is 0 Å². The Morgan fingerprint density at radius 2 is 2.08 bits per heavy atom. The van der Waals surface area contributed by atoms with E-state index in [2.05, 4.69) is 13.8 Å². The third-order valence-electron chi connectivity index (χ3n) is 2.65. The number of hydrogen-bond acceptors (Lipinski definition) is 2. The van der Waals surface area contributed by atoms with Gasteiger partial charge < -0.3 is 4.74 Å². The second-order valence-corrected chi connectivity index (χ2v) is 4.07. The van der Waals surface area contributed by atoms with Crippen LogP contribution in [-0.2, 0) is 9.53 Å². The lowest BCUT2D eigenvalue weighted by atomic mass is 9.75. The number of carbonyl (C=O) groups is 1. The molecule has 1 aliphatic rings. The molecule has 0 unspecified atom stereocenters. The number of carbonyl (C=O) groups excluding carboxylic acids is 1. The van der Waals surface area contributed by atoms with Crippen LogP contribution in [0.5, 0.6) is 0 Å². The van der Waals surface area contributed by atoms with Crippen LogP contribution in [0.25, 0.3) is 0 Å². The fourth-order valence-electron chi connectivity index (χ4n) is 1.65. The van der Waals surface area contributed by atoms with E-state index in [0.29, 0.717) is 18.1 Å². The molecule has 1 rings (SSSR count). The van der Waals surface area contributed by atoms with Crippen LogP contribution < -0.4 is 0 Å². The van der Waals surface area contributed by atoms with Crippen molar-refractivity contribution in [3.63, 3.8) is 0 Å². The van der Waals surface area contributed by atoms with Crippen molar-refractivity contribution in [2.75, 3.05) is 7.11 Å². The van der Waals surface area contributed by atoms with Gasteiger partial charge in [-0.05, 0) is 25.2 Å². The Bertz CT molecular complexity index is 163. The molecule has 2 nitrogen and oxygen atoms in total. The van der Waals surface area contributed by atoms with Gasteiger partial charge in [0.25, 0.3) is 0 Å². The van der Waals surface area contributed by atoms with E-state index in [1.807, 2.05) is 0 Å². The van der Waals surface area contributed by atoms with Crippen LogP contribution in [0.2, 0.25) is 0 Å². The molecule has 0 spiro atoms. The average molecular weight is 170 g/mol. The van der Waals surface area contributed by atoms with Gasteiger partial charge in [-0.3, -0.25) is 4.79 Å². The van der Waals surface area contributed by atoms with Crippen molar-refractivity contribution in [2.24, 2.45) is 5.92 Å². The van der Waals surface area contributed by atoms with Gasteiger partial charge in [0.1, 0.15) is 5.60 Å². The summed E-state index contributed by atoms with van der Waals surface area (Å²) in [5.41, 5.74) is -0.385. The Morgan fingerprint density at radius 3 is 2.33 bits per heavy atom. The SMILES string of the molecule is COC1(C(=O)CC(C)C)CCC1. The van der Waals surface area contributed by atoms with Crippen molar-refractivity contribution in [2.45, 2.75) is 45.1 Å². The number of rotatable bonds is 4. The van der Waals surface area contributed by atoms with E-state index in [-0.39, 0.29) is 5.60 Å². The van der Waals surface area contributed by atoms with E-state index in [4.69, 9.17) is 4.74 Å². The predicted molar refractivity (Wildman–Crippen MR) is 48.1 cm³/mol. The lowest BCUT2D eigenvalue weighted by molar-refractivity contribution is -0.152. The third-order valence-corrected chi connectivity index (χ3v) is 2.65. The van der Waals surface area contributed by atoms with Gasteiger partial charge in [-0.2, -0.15) is 0 Å². The minimum Gasteiger partial charge on any atom is -0.370 e. The van der Waals surface area contributed by atoms with Gasteiger partial charge in [-0.15, -0.1) is 0 Å². The Morgan fingerprint density at radius 1 is 1.50 bits per heavy atom. The number of ketones is 1. The lowest BCUT2D eigenvalue weighted by Gasteiger charge is -2.39. The molecule has 0 aromatic heterocycles. The van der Waals surface area contributed by atoms with E-state index < -0.39 is 0 Å². The van der Waals surface area contributed by atoms with E-state index in [0.717, 1.165) is 19.3 Å². The zero-order chi connectivity index (χ0) is 9.19. The van der Waals surface area contributed by atoms with E-state index in [9.17, 15) is 4.79 Å². The Hall–Kier alpha value is -0.370. The second-order valence-electron chi connectivity index (χ2n) is 4.07. The smallest absolute Gasteiger partial charge is 0.164 e. The molecule has 0 heterocycles. The Labute approximate surface area is 74.3 Å². The summed E-state index contributed by atoms with van der Waals surface area (Å²) >= 11 is 0. The van der Waals surface area contributed by atoms with Crippen molar-refractivity contribution in [3.8, 4) is 0 Å². The largest absolute Gasteiger partial charge is 0.370 e. The van der Waals surface area contributed by atoms with E-state index >= 15 is 0 Å². The summed E-state index contributed by atoms with van der Waals surface area (Å²) in [5.74, 6) is 0.747. The molecule has 0 N–H and O–H groups in total. The van der Waals surface area contributed by atoms with Crippen LogP contribution in [0.15, 0.2) is 0 Å². The number of methoxy groups -OCH3 is 1. The van der Waals surface area contributed by atoms with Crippen molar-refractivity contribution in [1.82, 2.24) is 0 Å². The first-order valence-corrected chi connectivity index (χ1v) is 4.69. The second kappa shape index (κ2) is 3.56. The van der Waals surface area contributed by atoms with Gasteiger partial charge in [0, 0.05) is 13.5 Å². The van der Waals surface area contributed by atoms with Crippen LogP contribution >= 0.6 is 0 Å². The summed E-state index contributed by atoms with van der Waals surface area (Å²) in [4.78, 5) is 11.7. The Balaban J connectivity index is 2.49. The van der Waals surface area contributed by atoms with Crippen molar-refractivity contribution in [1.29, 1.82) is 0 Å². The first-order chi connectivity index (χ1) is 5.60. The minimum absolute atomic E-state index is 0.297. The van der Waals surface area contributed by atoms with Gasteiger partial charge in [-0.1, -0.05) is 13.8 Å². The van der Waals surface area contributed by atoms with Crippen LogP contribution in [0.1, 0.15) is 39.5 Å². The molecular weight excluding hydrogens is 152 g/mol. The standard InChI is InChI=1S/C10H18O2/c1-8(2)7-9(11)10(12-3)5-4-6-10/h8H,4-7H2,1-3H3. The van der Waals surface area contributed by atoms with E-state index in [1.165, 1.54) is 0 Å². The molecule has 1 aliphatic carbocycles. The molecule has 0 aromatic rings. The van der Waals surface area contributed by atoms with Gasteiger partial charge >= 0.3 is 0 Å². The molecular formula is C10H18O2. The molecule has 2 heteroatoms. The number of Topliss-reactive ketones (excluding diaryl/α,β-unsaturated/α-hetero) is 1. The van der Waals surface area contributed by atoms with Crippen molar-refractivity contribution >= 4 is 5.78 Å². The molecule has 0 atom stereocenters. The fourth-order valence-corrected chi connectivity index (χ4v) is 1.65. The topological polar surface area (TPSA) is 26.3 Å². The third kappa shape index (κ3) is 1.69. The van der Waals surface area contributed by atoms with Crippen molar-refractivity contribution in [3.05, 3.63) is 0 Å². The first-order valence-electron chi connectivity index (χ1n) is 4.69. The molecule has 0 aromatic carbocycles. The van der Waals surface area contributed by atoms with Crippen molar-refractivity contribution < 1.29 is 9.53 Å². The monoisotopic (exact) mass is 170 g/mol. The quantitative estimate of drug-likeness (QED) is 0.646. The summed E-state index contributed by atoms with van der Waals surface area (Å²) in [6.07, 6.45) is 3.65. The zero-order valence-electron chi connectivity index (χ0n) is 8.22. The van der Waals surface area contributed by atoms with Gasteiger partial charge in [0.2, 0.25) is 0 Å². The van der Waals surface area contributed by atoms with Crippen LogP contribution in [0, 0.1) is 5.92 Å². The van der Waals surface area contributed by atoms with E-state index in [1.54, 1.807) is 7.11 Å². The number of hydrogen-bond donors (Lipinski definition) is 0. The maximum Gasteiger partial charge on any atom is 0.164 e. The maximum absolute atomic E-state index is 11.7. The molecule has 0 aliphatic heterocycles.